The zero-order chi connectivity index (χ0) is 19.7. The summed E-state index contributed by atoms with van der Waals surface area (Å²) in [5.41, 5.74) is 1.81. The van der Waals surface area contributed by atoms with E-state index in [4.69, 9.17) is 0 Å². The van der Waals surface area contributed by atoms with E-state index in [-0.39, 0.29) is 47.6 Å². The van der Waals surface area contributed by atoms with Crippen molar-refractivity contribution in [2.45, 2.75) is 39.8 Å². The monoisotopic (exact) mass is 510 g/mol. The van der Waals surface area contributed by atoms with Crippen molar-refractivity contribution in [1.82, 2.24) is 10.6 Å². The van der Waals surface area contributed by atoms with Crippen LogP contribution in [0.4, 0.5) is 5.69 Å². The number of benzene rings is 1. The number of carbonyl (C=O) groups is 1. The lowest BCUT2D eigenvalue weighted by Gasteiger charge is -2.17. The third kappa shape index (κ3) is 11.2. The van der Waals surface area contributed by atoms with E-state index in [1.54, 1.807) is 7.05 Å². The lowest BCUT2D eigenvalue weighted by atomic mass is 10.1. The standard InChI is InChI=1S/C18H30N4O3S.HI/c1-13(2)17(23)22-16-8-6-15(7-9-16)12-20-18(19-4)21-14(3)10-11-26(5,24)25;/h6-9,13-14H,10-12H2,1-5H3,(H,22,23)(H2,19,20,21);1H. The second-order valence-corrected chi connectivity index (χ2v) is 8.99. The predicted octanol–water partition coefficient (Wildman–Crippen LogP) is 2.39. The summed E-state index contributed by atoms with van der Waals surface area (Å²) >= 11 is 0. The Morgan fingerprint density at radius 2 is 1.74 bits per heavy atom. The molecule has 154 valence electrons. The Bertz CT molecular complexity index is 719. The van der Waals surface area contributed by atoms with Gasteiger partial charge in [-0.15, -0.1) is 24.0 Å². The number of hydrogen-bond donors (Lipinski definition) is 3. The fraction of sp³-hybridized carbons (Fsp3) is 0.556. The molecule has 0 saturated heterocycles. The number of aliphatic imine (C=N–C) groups is 1. The van der Waals surface area contributed by atoms with E-state index in [2.05, 4.69) is 20.9 Å². The molecule has 0 aliphatic carbocycles. The van der Waals surface area contributed by atoms with Gasteiger partial charge in [0.2, 0.25) is 5.91 Å². The number of hydrogen-bond acceptors (Lipinski definition) is 4. The maximum Gasteiger partial charge on any atom is 0.226 e. The average molecular weight is 510 g/mol. The van der Waals surface area contributed by atoms with Crippen molar-refractivity contribution in [3.05, 3.63) is 29.8 Å². The molecule has 9 heteroatoms. The van der Waals surface area contributed by atoms with Gasteiger partial charge in [-0.25, -0.2) is 8.42 Å². The van der Waals surface area contributed by atoms with Crippen molar-refractivity contribution in [2.75, 3.05) is 24.4 Å². The molecule has 0 aliphatic rings. The zero-order valence-corrected chi connectivity index (χ0v) is 19.7. The Kier molecular flexibility index (Phi) is 11.6. The first-order valence-corrected chi connectivity index (χ1v) is 10.7. The second-order valence-electron chi connectivity index (χ2n) is 6.73. The van der Waals surface area contributed by atoms with E-state index in [1.807, 2.05) is 45.0 Å². The van der Waals surface area contributed by atoms with Crippen LogP contribution in [0.5, 0.6) is 0 Å². The van der Waals surface area contributed by atoms with Gasteiger partial charge in [-0.05, 0) is 31.0 Å². The smallest absolute Gasteiger partial charge is 0.226 e. The second kappa shape index (κ2) is 12.2. The quantitative estimate of drug-likeness (QED) is 0.284. The van der Waals surface area contributed by atoms with Crippen molar-refractivity contribution in [2.24, 2.45) is 10.9 Å². The average Bonchev–Trinajstić information content (AvgIpc) is 2.57. The third-order valence-electron chi connectivity index (χ3n) is 3.73. The highest BCUT2D eigenvalue weighted by molar-refractivity contribution is 14.0. The molecular formula is C18H31IN4O3S. The first kappa shape index (κ1) is 25.6. The molecule has 1 unspecified atom stereocenters. The van der Waals surface area contributed by atoms with Gasteiger partial charge in [0.05, 0.1) is 5.75 Å². The van der Waals surface area contributed by atoms with Gasteiger partial charge in [-0.1, -0.05) is 26.0 Å². The Balaban J connectivity index is 0.00000676. The van der Waals surface area contributed by atoms with Crippen LogP contribution in [0.25, 0.3) is 0 Å². The molecule has 1 aromatic rings. The number of carbonyl (C=O) groups excluding carboxylic acids is 1. The summed E-state index contributed by atoms with van der Waals surface area (Å²) in [4.78, 5) is 15.8. The zero-order valence-electron chi connectivity index (χ0n) is 16.6. The minimum atomic E-state index is -2.97. The fourth-order valence-electron chi connectivity index (χ4n) is 2.07. The van der Waals surface area contributed by atoms with Crippen molar-refractivity contribution >= 4 is 51.4 Å². The molecule has 0 radical (unpaired) electrons. The van der Waals surface area contributed by atoms with Crippen LogP contribution in [-0.2, 0) is 21.2 Å². The molecule has 1 amide bonds. The van der Waals surface area contributed by atoms with E-state index in [0.29, 0.717) is 18.9 Å². The number of sulfone groups is 1. The Hall–Kier alpha value is -1.36. The fourth-order valence-corrected chi connectivity index (χ4v) is 2.85. The molecule has 0 saturated carbocycles. The topological polar surface area (TPSA) is 99.7 Å². The van der Waals surface area contributed by atoms with Crippen LogP contribution < -0.4 is 16.0 Å². The number of anilines is 1. The van der Waals surface area contributed by atoms with Gasteiger partial charge in [-0.2, -0.15) is 0 Å². The molecule has 0 fully saturated rings. The summed E-state index contributed by atoms with van der Waals surface area (Å²) in [5, 5.41) is 9.22. The summed E-state index contributed by atoms with van der Waals surface area (Å²) in [6.45, 7) is 6.19. The van der Waals surface area contributed by atoms with Crippen LogP contribution in [0.1, 0.15) is 32.8 Å². The van der Waals surface area contributed by atoms with E-state index in [1.165, 1.54) is 6.26 Å². The van der Waals surface area contributed by atoms with E-state index < -0.39 is 9.84 Å². The van der Waals surface area contributed by atoms with Gasteiger partial charge in [0.1, 0.15) is 9.84 Å². The summed E-state index contributed by atoms with van der Waals surface area (Å²) in [7, 11) is -1.30. The van der Waals surface area contributed by atoms with Crippen LogP contribution in [0.2, 0.25) is 0 Å². The Morgan fingerprint density at radius 1 is 1.15 bits per heavy atom. The van der Waals surface area contributed by atoms with Gasteiger partial charge in [-0.3, -0.25) is 9.79 Å². The summed E-state index contributed by atoms with van der Waals surface area (Å²) in [6, 6.07) is 7.58. The molecule has 0 bridgehead atoms. The normalized spacial score (nSPS) is 12.9. The molecule has 0 heterocycles. The Morgan fingerprint density at radius 3 is 2.22 bits per heavy atom. The third-order valence-corrected chi connectivity index (χ3v) is 4.71. The molecule has 0 aromatic heterocycles. The van der Waals surface area contributed by atoms with E-state index >= 15 is 0 Å². The molecule has 1 rings (SSSR count). The summed E-state index contributed by atoms with van der Waals surface area (Å²) in [5.74, 6) is 0.684. The number of amides is 1. The number of rotatable bonds is 8. The number of nitrogens with one attached hydrogen (secondary N) is 3. The highest BCUT2D eigenvalue weighted by atomic mass is 127. The molecule has 7 nitrogen and oxygen atoms in total. The molecular weight excluding hydrogens is 479 g/mol. The van der Waals surface area contributed by atoms with Crippen LogP contribution in [0.3, 0.4) is 0 Å². The molecule has 0 aliphatic heterocycles. The van der Waals surface area contributed by atoms with Crippen molar-refractivity contribution in [3.8, 4) is 0 Å². The highest BCUT2D eigenvalue weighted by Crippen LogP contribution is 2.11. The lowest BCUT2D eigenvalue weighted by molar-refractivity contribution is -0.118. The largest absolute Gasteiger partial charge is 0.354 e. The minimum Gasteiger partial charge on any atom is -0.354 e. The summed E-state index contributed by atoms with van der Waals surface area (Å²) < 4.78 is 22.5. The van der Waals surface area contributed by atoms with Crippen LogP contribution >= 0.6 is 24.0 Å². The SMILES string of the molecule is CN=C(NCc1ccc(NC(=O)C(C)C)cc1)NC(C)CCS(C)(=O)=O.I. The molecule has 1 atom stereocenters. The van der Waals surface area contributed by atoms with E-state index in [0.717, 1.165) is 11.3 Å². The Labute approximate surface area is 179 Å². The van der Waals surface area contributed by atoms with Crippen LogP contribution in [0, 0.1) is 5.92 Å². The maximum absolute atomic E-state index is 11.7. The van der Waals surface area contributed by atoms with Crippen molar-refractivity contribution < 1.29 is 13.2 Å². The first-order chi connectivity index (χ1) is 12.1. The van der Waals surface area contributed by atoms with Gasteiger partial charge < -0.3 is 16.0 Å². The van der Waals surface area contributed by atoms with Gasteiger partial charge >= 0.3 is 0 Å². The maximum atomic E-state index is 11.7. The minimum absolute atomic E-state index is 0. The van der Waals surface area contributed by atoms with Gasteiger partial charge in [0.25, 0.3) is 0 Å². The molecule has 3 N–H and O–H groups in total. The highest BCUT2D eigenvalue weighted by Gasteiger charge is 2.10. The number of nitrogens with zero attached hydrogens (tertiary/aromatic N) is 1. The van der Waals surface area contributed by atoms with Crippen molar-refractivity contribution in [3.63, 3.8) is 0 Å². The molecule has 27 heavy (non-hydrogen) atoms. The first-order valence-electron chi connectivity index (χ1n) is 8.65. The lowest BCUT2D eigenvalue weighted by Crippen LogP contribution is -2.42. The summed E-state index contributed by atoms with van der Waals surface area (Å²) in [6.07, 6.45) is 1.75. The van der Waals surface area contributed by atoms with Crippen LogP contribution in [0.15, 0.2) is 29.3 Å². The predicted molar refractivity (Wildman–Crippen MR) is 122 cm³/mol. The number of halogens is 1. The van der Waals surface area contributed by atoms with Gasteiger partial charge in [0, 0.05) is 37.5 Å². The molecule has 0 spiro atoms. The van der Waals surface area contributed by atoms with Crippen LogP contribution in [-0.4, -0.2) is 45.4 Å². The van der Waals surface area contributed by atoms with Crippen molar-refractivity contribution in [1.29, 1.82) is 0 Å². The molecule has 1 aromatic carbocycles. The van der Waals surface area contributed by atoms with Gasteiger partial charge in [0.15, 0.2) is 5.96 Å². The number of guanidine groups is 1. The van der Waals surface area contributed by atoms with E-state index in [9.17, 15) is 13.2 Å².